The van der Waals surface area contributed by atoms with Gasteiger partial charge in [-0.25, -0.2) is 0 Å². The third kappa shape index (κ3) is 3.54. The second-order valence-electron chi connectivity index (χ2n) is 6.88. The number of rotatable bonds is 2. The summed E-state index contributed by atoms with van der Waals surface area (Å²) in [5.74, 6) is 0.598. The summed E-state index contributed by atoms with van der Waals surface area (Å²) in [5, 5.41) is 8.45. The second kappa shape index (κ2) is 7.59. The number of amides is 1. The maximum Gasteiger partial charge on any atom is 0.417 e. The molecule has 0 aliphatic carbocycles. The normalized spacial score (nSPS) is 16.5. The van der Waals surface area contributed by atoms with E-state index in [0.29, 0.717) is 23.2 Å². The number of alkyl halides is 3. The molecule has 3 aromatic rings. The van der Waals surface area contributed by atoms with Crippen LogP contribution in [0.15, 0.2) is 42.5 Å². The van der Waals surface area contributed by atoms with E-state index in [1.807, 2.05) is 16.7 Å². The molecule has 1 aliphatic rings. The van der Waals surface area contributed by atoms with Crippen LogP contribution in [-0.2, 0) is 12.7 Å². The molecule has 4 rings (SSSR count). The van der Waals surface area contributed by atoms with Crippen LogP contribution in [0.4, 0.5) is 13.2 Å². The molecule has 1 unspecified atom stereocenters. The van der Waals surface area contributed by atoms with Gasteiger partial charge in [-0.15, -0.1) is 10.2 Å². The van der Waals surface area contributed by atoms with E-state index < -0.39 is 28.7 Å². The van der Waals surface area contributed by atoms with Gasteiger partial charge in [0.2, 0.25) is 0 Å². The minimum absolute atomic E-state index is 0.191. The Labute approximate surface area is 180 Å². The highest BCUT2D eigenvalue weighted by Crippen LogP contribution is 2.37. The lowest BCUT2D eigenvalue weighted by atomic mass is 10.1. The molecule has 10 heteroatoms. The molecule has 156 valence electrons. The Morgan fingerprint density at radius 2 is 1.77 bits per heavy atom. The molecule has 0 spiro atoms. The van der Waals surface area contributed by atoms with E-state index in [-0.39, 0.29) is 12.1 Å². The van der Waals surface area contributed by atoms with Gasteiger partial charge in [0.05, 0.1) is 22.2 Å². The van der Waals surface area contributed by atoms with Gasteiger partial charge in [0.1, 0.15) is 0 Å². The first-order valence-corrected chi connectivity index (χ1v) is 9.80. The van der Waals surface area contributed by atoms with Crippen molar-refractivity contribution in [2.24, 2.45) is 0 Å². The summed E-state index contributed by atoms with van der Waals surface area (Å²) in [6.07, 6.45) is -4.64. The van der Waals surface area contributed by atoms with Crippen molar-refractivity contribution < 1.29 is 18.0 Å². The van der Waals surface area contributed by atoms with E-state index in [4.69, 9.17) is 23.2 Å². The summed E-state index contributed by atoms with van der Waals surface area (Å²) < 4.78 is 41.4. The van der Waals surface area contributed by atoms with Crippen LogP contribution in [0.3, 0.4) is 0 Å². The molecule has 2 heterocycles. The van der Waals surface area contributed by atoms with Crippen LogP contribution in [0.25, 0.3) is 11.4 Å². The van der Waals surface area contributed by atoms with Crippen LogP contribution in [0.5, 0.6) is 0 Å². The second-order valence-corrected chi connectivity index (χ2v) is 7.69. The molecule has 30 heavy (non-hydrogen) atoms. The van der Waals surface area contributed by atoms with Gasteiger partial charge in [0.15, 0.2) is 11.6 Å². The molecule has 0 saturated heterocycles. The number of halogens is 5. The highest BCUT2D eigenvalue weighted by atomic mass is 35.5. The Balaban J connectivity index is 1.66. The number of carbonyl (C=O) groups is 1. The molecule has 2 aromatic carbocycles. The van der Waals surface area contributed by atoms with E-state index in [9.17, 15) is 18.0 Å². The molecule has 0 fully saturated rings. The fraction of sp³-hybridized carbons (Fsp3) is 0.250. The van der Waals surface area contributed by atoms with E-state index in [1.54, 1.807) is 19.1 Å². The first-order chi connectivity index (χ1) is 14.2. The van der Waals surface area contributed by atoms with Crippen molar-refractivity contribution >= 4 is 29.1 Å². The average molecular weight is 455 g/mol. The smallest absolute Gasteiger partial charge is 0.327 e. The van der Waals surface area contributed by atoms with Gasteiger partial charge in [-0.05, 0) is 43.3 Å². The molecule has 1 amide bonds. The topological polar surface area (TPSA) is 51.0 Å². The number of hydrogen-bond acceptors (Lipinski definition) is 3. The molecule has 0 bridgehead atoms. The number of nitrogens with zero attached hydrogens (tertiary/aromatic N) is 4. The van der Waals surface area contributed by atoms with Crippen LogP contribution in [0, 0.1) is 0 Å². The predicted octanol–water partition coefficient (Wildman–Crippen LogP) is 5.49. The number of hydrogen-bond donors (Lipinski definition) is 0. The van der Waals surface area contributed by atoms with Crippen molar-refractivity contribution in [1.29, 1.82) is 0 Å². The fourth-order valence-electron chi connectivity index (χ4n) is 3.55. The maximum absolute atomic E-state index is 13.2. The van der Waals surface area contributed by atoms with Gasteiger partial charge in [0.25, 0.3) is 5.91 Å². The minimum atomic E-state index is -4.64. The Kier molecular flexibility index (Phi) is 5.23. The fourth-order valence-corrected chi connectivity index (χ4v) is 3.99. The van der Waals surface area contributed by atoms with Gasteiger partial charge >= 0.3 is 6.18 Å². The van der Waals surface area contributed by atoms with E-state index in [1.165, 1.54) is 17.0 Å². The van der Waals surface area contributed by atoms with Crippen molar-refractivity contribution in [3.63, 3.8) is 0 Å². The van der Waals surface area contributed by atoms with Crippen molar-refractivity contribution in [3.8, 4) is 11.4 Å². The summed E-state index contributed by atoms with van der Waals surface area (Å²) in [7, 11) is 0. The SMILES string of the molecule is CC1c2nnc(-c3ccc(Cl)cc3)n2CCN1C(=O)c1cccc(C(F)(F)F)c1Cl. The highest BCUT2D eigenvalue weighted by molar-refractivity contribution is 6.34. The van der Waals surface area contributed by atoms with Gasteiger partial charge in [-0.1, -0.05) is 29.3 Å². The summed E-state index contributed by atoms with van der Waals surface area (Å²) in [6, 6.07) is 9.97. The zero-order valence-electron chi connectivity index (χ0n) is 15.6. The van der Waals surface area contributed by atoms with E-state index >= 15 is 0 Å². The quantitative estimate of drug-likeness (QED) is 0.514. The van der Waals surface area contributed by atoms with Gasteiger partial charge in [-0.3, -0.25) is 4.79 Å². The van der Waals surface area contributed by atoms with Crippen molar-refractivity contribution in [3.05, 3.63) is 69.5 Å². The van der Waals surface area contributed by atoms with Crippen molar-refractivity contribution in [1.82, 2.24) is 19.7 Å². The molecular formula is C20H15Cl2F3N4O. The number of carbonyl (C=O) groups excluding carboxylic acids is 1. The zero-order valence-corrected chi connectivity index (χ0v) is 17.1. The molecule has 0 N–H and O–H groups in total. The molecule has 1 aromatic heterocycles. The highest BCUT2D eigenvalue weighted by Gasteiger charge is 2.37. The predicted molar refractivity (Wildman–Crippen MR) is 106 cm³/mol. The van der Waals surface area contributed by atoms with Gasteiger partial charge < -0.3 is 9.47 Å². The Morgan fingerprint density at radius 1 is 1.07 bits per heavy atom. The lowest BCUT2D eigenvalue weighted by Crippen LogP contribution is -2.41. The average Bonchev–Trinajstić information content (AvgIpc) is 3.13. The van der Waals surface area contributed by atoms with E-state index in [0.717, 1.165) is 11.6 Å². The molecule has 5 nitrogen and oxygen atoms in total. The van der Waals surface area contributed by atoms with E-state index in [2.05, 4.69) is 10.2 Å². The zero-order chi connectivity index (χ0) is 21.6. The van der Waals surface area contributed by atoms with Gasteiger partial charge in [-0.2, -0.15) is 13.2 Å². The molecule has 1 aliphatic heterocycles. The summed E-state index contributed by atoms with van der Waals surface area (Å²) >= 11 is 11.9. The Hall–Kier alpha value is -2.58. The summed E-state index contributed by atoms with van der Waals surface area (Å²) in [5.41, 5.74) is -0.400. The first-order valence-electron chi connectivity index (χ1n) is 9.04. The largest absolute Gasteiger partial charge is 0.417 e. The summed E-state index contributed by atoms with van der Waals surface area (Å²) in [4.78, 5) is 14.5. The Morgan fingerprint density at radius 3 is 2.43 bits per heavy atom. The number of fused-ring (bicyclic) bond motifs is 1. The van der Waals surface area contributed by atoms with Crippen LogP contribution in [0.1, 0.15) is 34.7 Å². The molecule has 0 radical (unpaired) electrons. The third-order valence-corrected chi connectivity index (χ3v) is 5.74. The maximum atomic E-state index is 13.2. The minimum Gasteiger partial charge on any atom is -0.327 e. The number of aromatic nitrogens is 3. The van der Waals surface area contributed by atoms with Crippen LogP contribution in [-0.4, -0.2) is 32.1 Å². The third-order valence-electron chi connectivity index (χ3n) is 5.08. The first kappa shape index (κ1) is 20.7. The standard InChI is InChI=1S/C20H15Cl2F3N4O/c1-11-17-26-27-18(12-5-7-13(21)8-6-12)29(17)10-9-28(11)19(30)14-3-2-4-15(16(14)22)20(23,24)25/h2-8,11H,9-10H2,1H3. The summed E-state index contributed by atoms with van der Waals surface area (Å²) in [6.45, 7) is 2.43. The van der Waals surface area contributed by atoms with Crippen LogP contribution < -0.4 is 0 Å². The Bertz CT molecular complexity index is 1110. The lowest BCUT2D eigenvalue weighted by molar-refractivity contribution is -0.137. The monoisotopic (exact) mass is 454 g/mol. The molecular weight excluding hydrogens is 440 g/mol. The van der Waals surface area contributed by atoms with Crippen molar-refractivity contribution in [2.75, 3.05) is 6.54 Å². The van der Waals surface area contributed by atoms with Crippen LogP contribution >= 0.6 is 23.2 Å². The molecule has 1 atom stereocenters. The van der Waals surface area contributed by atoms with Crippen molar-refractivity contribution in [2.45, 2.75) is 25.7 Å². The van der Waals surface area contributed by atoms with Gasteiger partial charge in [0, 0.05) is 23.7 Å². The molecule has 0 saturated carbocycles. The number of benzene rings is 2. The lowest BCUT2D eigenvalue weighted by Gasteiger charge is -2.34. The van der Waals surface area contributed by atoms with Crippen LogP contribution in [0.2, 0.25) is 10.0 Å².